The van der Waals surface area contributed by atoms with Crippen molar-refractivity contribution < 1.29 is 19.4 Å². The molecule has 1 heterocycles. The number of hydrogen-bond donors (Lipinski definition) is 2. The van der Waals surface area contributed by atoms with Gasteiger partial charge in [0.15, 0.2) is 0 Å². The molecule has 1 aliphatic heterocycles. The van der Waals surface area contributed by atoms with Crippen LogP contribution >= 0.6 is 11.6 Å². The number of halogens is 1. The monoisotopic (exact) mass is 347 g/mol. The van der Waals surface area contributed by atoms with Crippen LogP contribution in [0.4, 0.5) is 5.69 Å². The van der Waals surface area contributed by atoms with Crippen LogP contribution in [0.1, 0.15) is 23.2 Å². The molecule has 24 heavy (non-hydrogen) atoms. The van der Waals surface area contributed by atoms with Crippen LogP contribution in [0, 0.1) is 0 Å². The Kier molecular flexibility index (Phi) is 5.23. The van der Waals surface area contributed by atoms with E-state index in [-0.39, 0.29) is 17.4 Å². The van der Waals surface area contributed by atoms with E-state index in [9.17, 15) is 9.90 Å². The molecule has 3 rings (SSSR count). The zero-order chi connectivity index (χ0) is 16.9. The molecule has 2 N–H and O–H groups in total. The van der Waals surface area contributed by atoms with Gasteiger partial charge in [-0.3, -0.25) is 4.79 Å². The first-order valence-corrected chi connectivity index (χ1v) is 8.14. The van der Waals surface area contributed by atoms with Gasteiger partial charge in [0.05, 0.1) is 11.7 Å². The Bertz CT molecular complexity index is 729. The van der Waals surface area contributed by atoms with Crippen molar-refractivity contribution in [2.45, 2.75) is 18.9 Å². The third kappa shape index (κ3) is 4.19. The van der Waals surface area contributed by atoms with Gasteiger partial charge < -0.3 is 19.9 Å². The molecule has 0 saturated carbocycles. The fraction of sp³-hybridized carbons (Fsp3) is 0.278. The molecule has 0 spiro atoms. The number of hydrogen-bond acceptors (Lipinski definition) is 4. The predicted octanol–water partition coefficient (Wildman–Crippen LogP) is 3.86. The van der Waals surface area contributed by atoms with Gasteiger partial charge in [-0.25, -0.2) is 0 Å². The minimum Gasteiger partial charge on any atom is -0.507 e. The summed E-state index contributed by atoms with van der Waals surface area (Å²) < 4.78 is 11.2. The first-order valence-electron chi connectivity index (χ1n) is 7.76. The van der Waals surface area contributed by atoms with Gasteiger partial charge in [-0.2, -0.15) is 0 Å². The summed E-state index contributed by atoms with van der Waals surface area (Å²) >= 11 is 5.87. The van der Waals surface area contributed by atoms with Crippen LogP contribution in [0.3, 0.4) is 0 Å². The minimum atomic E-state index is -0.439. The van der Waals surface area contributed by atoms with E-state index in [1.54, 1.807) is 18.2 Å². The Hall–Kier alpha value is -2.24. The van der Waals surface area contributed by atoms with Gasteiger partial charge in [-0.05, 0) is 43.2 Å². The number of anilines is 1. The van der Waals surface area contributed by atoms with Crippen molar-refractivity contribution in [1.82, 2.24) is 0 Å². The Morgan fingerprint density at radius 2 is 2.21 bits per heavy atom. The molecule has 0 unspecified atom stereocenters. The van der Waals surface area contributed by atoms with Gasteiger partial charge in [0.2, 0.25) is 0 Å². The number of carbonyl (C=O) groups is 1. The lowest BCUT2D eigenvalue weighted by atomic mass is 10.2. The van der Waals surface area contributed by atoms with Crippen molar-refractivity contribution in [3.05, 3.63) is 53.1 Å². The van der Waals surface area contributed by atoms with Crippen molar-refractivity contribution in [1.29, 1.82) is 0 Å². The van der Waals surface area contributed by atoms with Crippen molar-refractivity contribution in [3.8, 4) is 11.5 Å². The van der Waals surface area contributed by atoms with E-state index in [2.05, 4.69) is 5.32 Å². The van der Waals surface area contributed by atoms with Gasteiger partial charge in [-0.15, -0.1) is 0 Å². The second kappa shape index (κ2) is 7.55. The van der Waals surface area contributed by atoms with Crippen LogP contribution in [0.15, 0.2) is 42.5 Å². The van der Waals surface area contributed by atoms with E-state index in [0.29, 0.717) is 23.1 Å². The van der Waals surface area contributed by atoms with E-state index in [4.69, 9.17) is 21.1 Å². The Morgan fingerprint density at radius 3 is 3.00 bits per heavy atom. The van der Waals surface area contributed by atoms with Crippen molar-refractivity contribution in [2.75, 3.05) is 18.5 Å². The minimum absolute atomic E-state index is 0.119. The van der Waals surface area contributed by atoms with Crippen LogP contribution in [0.25, 0.3) is 0 Å². The Labute approximate surface area is 145 Å². The zero-order valence-corrected chi connectivity index (χ0v) is 13.8. The predicted molar refractivity (Wildman–Crippen MR) is 92.0 cm³/mol. The second-order valence-corrected chi connectivity index (χ2v) is 6.03. The largest absolute Gasteiger partial charge is 0.507 e. The molecule has 126 valence electrons. The molecule has 0 bridgehead atoms. The quantitative estimate of drug-likeness (QED) is 0.862. The number of amides is 1. The summed E-state index contributed by atoms with van der Waals surface area (Å²) in [6.07, 6.45) is 2.20. The Balaban J connectivity index is 1.65. The molecule has 1 amide bonds. The fourth-order valence-electron chi connectivity index (χ4n) is 2.52. The van der Waals surface area contributed by atoms with Crippen molar-refractivity contribution in [2.24, 2.45) is 0 Å². The van der Waals surface area contributed by atoms with E-state index in [1.807, 2.05) is 6.07 Å². The van der Waals surface area contributed by atoms with Gasteiger partial charge in [0, 0.05) is 23.4 Å². The van der Waals surface area contributed by atoms with Gasteiger partial charge in [-0.1, -0.05) is 17.7 Å². The van der Waals surface area contributed by atoms with Gasteiger partial charge in [0.25, 0.3) is 5.91 Å². The summed E-state index contributed by atoms with van der Waals surface area (Å²) in [5.41, 5.74) is 0.692. The molecule has 1 atom stereocenters. The van der Waals surface area contributed by atoms with Crippen LogP contribution in [0.2, 0.25) is 5.02 Å². The third-order valence-electron chi connectivity index (χ3n) is 3.76. The van der Waals surface area contributed by atoms with Crippen LogP contribution < -0.4 is 10.1 Å². The van der Waals surface area contributed by atoms with Crippen molar-refractivity contribution >= 4 is 23.2 Å². The summed E-state index contributed by atoms with van der Waals surface area (Å²) in [6.45, 7) is 1.28. The first kappa shape index (κ1) is 16.6. The molecule has 0 radical (unpaired) electrons. The van der Waals surface area contributed by atoms with Crippen LogP contribution in [-0.4, -0.2) is 30.3 Å². The lowest BCUT2D eigenvalue weighted by Crippen LogP contribution is -2.16. The molecule has 0 aliphatic carbocycles. The second-order valence-electron chi connectivity index (χ2n) is 5.59. The molecular weight excluding hydrogens is 330 g/mol. The summed E-state index contributed by atoms with van der Waals surface area (Å²) in [5.74, 6) is 0.0904. The zero-order valence-electron chi connectivity index (χ0n) is 13.0. The lowest BCUT2D eigenvalue weighted by molar-refractivity contribution is 0.0680. The van der Waals surface area contributed by atoms with Gasteiger partial charge >= 0.3 is 0 Å². The average molecular weight is 348 g/mol. The van der Waals surface area contributed by atoms with E-state index in [0.717, 1.165) is 19.4 Å². The number of nitrogens with one attached hydrogen (secondary N) is 1. The molecular formula is C18H18ClNO4. The summed E-state index contributed by atoms with van der Waals surface area (Å²) in [6, 6.07) is 11.4. The Morgan fingerprint density at radius 1 is 1.33 bits per heavy atom. The van der Waals surface area contributed by atoms with E-state index >= 15 is 0 Å². The summed E-state index contributed by atoms with van der Waals surface area (Å²) in [5, 5.41) is 12.9. The molecule has 6 heteroatoms. The molecule has 1 saturated heterocycles. The highest BCUT2D eigenvalue weighted by molar-refractivity contribution is 6.31. The molecule has 1 fully saturated rings. The number of rotatable bonds is 5. The molecule has 5 nitrogen and oxygen atoms in total. The van der Waals surface area contributed by atoms with E-state index < -0.39 is 5.91 Å². The first-order chi connectivity index (χ1) is 11.6. The topological polar surface area (TPSA) is 67.8 Å². The fourth-order valence-corrected chi connectivity index (χ4v) is 2.69. The standard InChI is InChI=1S/C18H18ClNO4/c19-12-6-7-17(21)16(9-12)18(22)20-13-3-1-4-14(10-13)24-11-15-5-2-8-23-15/h1,3-4,6-7,9-10,15,21H,2,5,8,11H2,(H,20,22)/t15-/m1/s1. The smallest absolute Gasteiger partial charge is 0.259 e. The highest BCUT2D eigenvalue weighted by Crippen LogP contribution is 2.24. The number of phenolic OH excluding ortho intramolecular Hbond substituents is 1. The van der Waals surface area contributed by atoms with Crippen LogP contribution in [-0.2, 0) is 4.74 Å². The maximum atomic E-state index is 12.3. The maximum Gasteiger partial charge on any atom is 0.259 e. The highest BCUT2D eigenvalue weighted by Gasteiger charge is 2.16. The van der Waals surface area contributed by atoms with Crippen molar-refractivity contribution in [3.63, 3.8) is 0 Å². The molecule has 0 aromatic heterocycles. The maximum absolute atomic E-state index is 12.3. The molecule has 1 aliphatic rings. The SMILES string of the molecule is O=C(Nc1cccc(OC[C@H]2CCCO2)c1)c1cc(Cl)ccc1O. The summed E-state index contributed by atoms with van der Waals surface area (Å²) in [4.78, 5) is 12.3. The lowest BCUT2D eigenvalue weighted by Gasteiger charge is -2.13. The van der Waals surface area contributed by atoms with Crippen LogP contribution in [0.5, 0.6) is 11.5 Å². The average Bonchev–Trinajstić information content (AvgIpc) is 3.09. The van der Waals surface area contributed by atoms with Gasteiger partial charge in [0.1, 0.15) is 18.1 Å². The number of phenols is 1. The molecule has 2 aromatic carbocycles. The van der Waals surface area contributed by atoms with E-state index in [1.165, 1.54) is 18.2 Å². The number of carbonyl (C=O) groups excluding carboxylic acids is 1. The number of benzene rings is 2. The highest BCUT2D eigenvalue weighted by atomic mass is 35.5. The number of aromatic hydroxyl groups is 1. The summed E-state index contributed by atoms with van der Waals surface area (Å²) in [7, 11) is 0. The number of ether oxygens (including phenoxy) is 2. The normalized spacial score (nSPS) is 16.8. The third-order valence-corrected chi connectivity index (χ3v) is 3.99. The molecule has 2 aromatic rings.